The molecule has 0 unspecified atom stereocenters. The van der Waals surface area contributed by atoms with Crippen LogP contribution in [0.15, 0.2) is 52.0 Å². The number of para-hydroxylation sites is 1. The molecule has 2 aromatic carbocycles. The Morgan fingerprint density at radius 2 is 2.12 bits per heavy atom. The molecular formula is C15H12BrN3O5. The molecule has 0 aliphatic heterocycles. The van der Waals surface area contributed by atoms with Gasteiger partial charge in [-0.15, -0.1) is 0 Å². The van der Waals surface area contributed by atoms with E-state index in [2.05, 4.69) is 26.5 Å². The number of halogens is 1. The SMILES string of the molecule is O=C(COc1ccc([N+](=O)[O-])cc1Br)N/N=C/c1ccccc1O. The minimum Gasteiger partial charge on any atom is -0.507 e. The highest BCUT2D eigenvalue weighted by molar-refractivity contribution is 9.10. The number of hydrogen-bond donors (Lipinski definition) is 2. The third-order valence-electron chi connectivity index (χ3n) is 2.81. The molecule has 2 aromatic rings. The van der Waals surface area contributed by atoms with Gasteiger partial charge in [0, 0.05) is 17.7 Å². The Kier molecular flexibility index (Phi) is 5.85. The lowest BCUT2D eigenvalue weighted by Gasteiger charge is -2.06. The van der Waals surface area contributed by atoms with E-state index in [1.165, 1.54) is 30.5 Å². The Morgan fingerprint density at radius 3 is 2.79 bits per heavy atom. The molecule has 0 fully saturated rings. The number of rotatable bonds is 6. The number of nitrogens with zero attached hydrogens (tertiary/aromatic N) is 2. The normalized spacial score (nSPS) is 10.5. The van der Waals surface area contributed by atoms with Crippen molar-refractivity contribution < 1.29 is 19.6 Å². The summed E-state index contributed by atoms with van der Waals surface area (Å²) in [4.78, 5) is 21.7. The quantitative estimate of drug-likeness (QED) is 0.444. The minimum atomic E-state index is -0.533. The predicted molar refractivity (Wildman–Crippen MR) is 90.1 cm³/mol. The second kappa shape index (κ2) is 8.06. The van der Waals surface area contributed by atoms with Gasteiger partial charge in [0.1, 0.15) is 11.5 Å². The molecule has 9 heteroatoms. The van der Waals surface area contributed by atoms with E-state index in [1.807, 2.05) is 0 Å². The second-order valence-electron chi connectivity index (χ2n) is 4.51. The zero-order chi connectivity index (χ0) is 17.5. The van der Waals surface area contributed by atoms with Crippen LogP contribution in [-0.4, -0.2) is 28.8 Å². The van der Waals surface area contributed by atoms with Gasteiger partial charge in [0.2, 0.25) is 0 Å². The van der Waals surface area contributed by atoms with Crippen LogP contribution >= 0.6 is 15.9 Å². The minimum absolute atomic E-state index is 0.0431. The van der Waals surface area contributed by atoms with Crippen molar-refractivity contribution in [2.24, 2.45) is 5.10 Å². The summed E-state index contributed by atoms with van der Waals surface area (Å²) in [7, 11) is 0. The Hall–Kier alpha value is -2.94. The smallest absolute Gasteiger partial charge is 0.277 e. The monoisotopic (exact) mass is 393 g/mol. The molecule has 1 amide bonds. The number of carbonyl (C=O) groups is 1. The highest BCUT2D eigenvalue weighted by Crippen LogP contribution is 2.28. The molecular weight excluding hydrogens is 382 g/mol. The predicted octanol–water partition coefficient (Wildman–Crippen LogP) is 2.59. The van der Waals surface area contributed by atoms with Crippen LogP contribution in [0.4, 0.5) is 5.69 Å². The van der Waals surface area contributed by atoms with Gasteiger partial charge in [-0.05, 0) is 34.1 Å². The second-order valence-corrected chi connectivity index (χ2v) is 5.37. The van der Waals surface area contributed by atoms with Crippen molar-refractivity contribution in [3.8, 4) is 11.5 Å². The van der Waals surface area contributed by atoms with Crippen molar-refractivity contribution in [2.75, 3.05) is 6.61 Å². The van der Waals surface area contributed by atoms with Crippen LogP contribution in [-0.2, 0) is 4.79 Å². The summed E-state index contributed by atoms with van der Waals surface area (Å²) in [6.07, 6.45) is 1.30. The number of phenolic OH excluding ortho intramolecular Hbond substituents is 1. The lowest BCUT2D eigenvalue weighted by Crippen LogP contribution is -2.24. The van der Waals surface area contributed by atoms with E-state index in [9.17, 15) is 20.0 Å². The number of benzene rings is 2. The van der Waals surface area contributed by atoms with E-state index < -0.39 is 10.8 Å². The van der Waals surface area contributed by atoms with E-state index in [4.69, 9.17) is 4.74 Å². The maximum absolute atomic E-state index is 11.6. The van der Waals surface area contributed by atoms with Gasteiger partial charge in [-0.25, -0.2) is 5.43 Å². The van der Waals surface area contributed by atoms with Crippen molar-refractivity contribution in [3.05, 3.63) is 62.6 Å². The van der Waals surface area contributed by atoms with Crippen LogP contribution < -0.4 is 10.2 Å². The summed E-state index contributed by atoms with van der Waals surface area (Å²) in [5, 5.41) is 23.9. The molecule has 0 aromatic heterocycles. The highest BCUT2D eigenvalue weighted by Gasteiger charge is 2.11. The molecule has 0 radical (unpaired) electrons. The molecule has 2 N–H and O–H groups in total. The molecule has 0 saturated carbocycles. The molecule has 0 aliphatic carbocycles. The van der Waals surface area contributed by atoms with Crippen molar-refractivity contribution in [3.63, 3.8) is 0 Å². The van der Waals surface area contributed by atoms with Crippen LogP contribution in [0, 0.1) is 10.1 Å². The zero-order valence-electron chi connectivity index (χ0n) is 12.2. The summed E-state index contributed by atoms with van der Waals surface area (Å²) >= 11 is 3.14. The fraction of sp³-hybridized carbons (Fsp3) is 0.0667. The zero-order valence-corrected chi connectivity index (χ0v) is 13.8. The summed E-state index contributed by atoms with van der Waals surface area (Å²) in [5.74, 6) is -0.186. The van der Waals surface area contributed by atoms with E-state index >= 15 is 0 Å². The van der Waals surface area contributed by atoms with Gasteiger partial charge in [-0.2, -0.15) is 5.10 Å². The third-order valence-corrected chi connectivity index (χ3v) is 3.43. The van der Waals surface area contributed by atoms with Gasteiger partial charge in [-0.1, -0.05) is 12.1 Å². The molecule has 24 heavy (non-hydrogen) atoms. The summed E-state index contributed by atoms with van der Waals surface area (Å²) in [6, 6.07) is 10.5. The van der Waals surface area contributed by atoms with Crippen molar-refractivity contribution >= 4 is 33.7 Å². The summed E-state index contributed by atoms with van der Waals surface area (Å²) in [6.45, 7) is -0.325. The maximum Gasteiger partial charge on any atom is 0.277 e. The standard InChI is InChI=1S/C15H12BrN3O5/c16-12-7-11(19(22)23)5-6-14(12)24-9-15(21)18-17-8-10-3-1-2-4-13(10)20/h1-8,20H,9H2,(H,18,21)/b17-8+. The number of aromatic hydroxyl groups is 1. The number of hydrazone groups is 1. The number of nitrogens with one attached hydrogen (secondary N) is 1. The number of amides is 1. The van der Waals surface area contributed by atoms with E-state index in [0.717, 1.165) is 0 Å². The van der Waals surface area contributed by atoms with Crippen molar-refractivity contribution in [1.29, 1.82) is 0 Å². The van der Waals surface area contributed by atoms with Gasteiger partial charge >= 0.3 is 0 Å². The lowest BCUT2D eigenvalue weighted by atomic mass is 10.2. The van der Waals surface area contributed by atoms with Gasteiger partial charge in [0.25, 0.3) is 11.6 Å². The van der Waals surface area contributed by atoms with Crippen LogP contribution in [0.3, 0.4) is 0 Å². The summed E-state index contributed by atoms with van der Waals surface area (Å²) < 4.78 is 5.62. The first-order chi connectivity index (χ1) is 11.5. The van der Waals surface area contributed by atoms with Gasteiger partial charge < -0.3 is 9.84 Å². The largest absolute Gasteiger partial charge is 0.507 e. The molecule has 2 rings (SSSR count). The average molecular weight is 394 g/mol. The molecule has 0 atom stereocenters. The first-order valence-electron chi connectivity index (χ1n) is 6.64. The van der Waals surface area contributed by atoms with Gasteiger partial charge in [0.05, 0.1) is 15.6 Å². The number of non-ortho nitro benzene ring substituents is 1. The van der Waals surface area contributed by atoms with Gasteiger partial charge in [0.15, 0.2) is 6.61 Å². The number of ether oxygens (including phenoxy) is 1. The first kappa shape index (κ1) is 17.4. The van der Waals surface area contributed by atoms with Crippen LogP contribution in [0.25, 0.3) is 0 Å². The highest BCUT2D eigenvalue weighted by atomic mass is 79.9. The summed E-state index contributed by atoms with van der Waals surface area (Å²) in [5.41, 5.74) is 2.61. The number of carbonyl (C=O) groups excluding carboxylic acids is 1. The molecule has 0 saturated heterocycles. The molecule has 0 bridgehead atoms. The third kappa shape index (κ3) is 4.78. The number of nitro benzene ring substituents is 1. The fourth-order valence-electron chi connectivity index (χ4n) is 1.67. The topological polar surface area (TPSA) is 114 Å². The van der Waals surface area contributed by atoms with Crippen molar-refractivity contribution in [1.82, 2.24) is 5.43 Å². The van der Waals surface area contributed by atoms with Crippen molar-refractivity contribution in [2.45, 2.75) is 0 Å². The van der Waals surface area contributed by atoms with E-state index in [0.29, 0.717) is 15.8 Å². The van der Waals surface area contributed by atoms with Gasteiger partial charge in [-0.3, -0.25) is 14.9 Å². The fourth-order valence-corrected chi connectivity index (χ4v) is 2.15. The van der Waals surface area contributed by atoms with E-state index in [-0.39, 0.29) is 18.0 Å². The average Bonchev–Trinajstić information content (AvgIpc) is 2.55. The Morgan fingerprint density at radius 1 is 1.38 bits per heavy atom. The molecule has 124 valence electrons. The maximum atomic E-state index is 11.6. The van der Waals surface area contributed by atoms with E-state index in [1.54, 1.807) is 18.2 Å². The number of phenols is 1. The molecule has 0 heterocycles. The Bertz CT molecular complexity index is 794. The number of nitro groups is 1. The Balaban J connectivity index is 1.87. The van der Waals surface area contributed by atoms with Crippen LogP contribution in [0.1, 0.15) is 5.56 Å². The molecule has 8 nitrogen and oxygen atoms in total. The molecule has 0 spiro atoms. The van der Waals surface area contributed by atoms with Crippen LogP contribution in [0.2, 0.25) is 0 Å². The lowest BCUT2D eigenvalue weighted by molar-refractivity contribution is -0.384. The number of hydrogen-bond acceptors (Lipinski definition) is 6. The Labute approximate surface area is 145 Å². The first-order valence-corrected chi connectivity index (χ1v) is 7.43. The molecule has 0 aliphatic rings. The van der Waals surface area contributed by atoms with Crippen LogP contribution in [0.5, 0.6) is 11.5 Å².